The molecule has 0 saturated heterocycles. The van der Waals surface area contributed by atoms with Gasteiger partial charge in [0, 0.05) is 40.7 Å². The van der Waals surface area contributed by atoms with Crippen LogP contribution in [0, 0.1) is 17.5 Å². The van der Waals surface area contributed by atoms with Gasteiger partial charge in [0.05, 0.1) is 5.69 Å². The molecule has 0 spiro atoms. The van der Waals surface area contributed by atoms with Crippen LogP contribution in [0.5, 0.6) is 0 Å². The molecule has 1 aromatic heterocycles. The van der Waals surface area contributed by atoms with Crippen LogP contribution in [0.4, 0.5) is 24.5 Å². The molecule has 0 radical (unpaired) electrons. The Labute approximate surface area is 168 Å². The van der Waals surface area contributed by atoms with Crippen LogP contribution in [0.2, 0.25) is 0 Å². The summed E-state index contributed by atoms with van der Waals surface area (Å²) in [6.45, 7) is 1.98. The van der Waals surface area contributed by atoms with Crippen molar-refractivity contribution in [2.45, 2.75) is 17.5 Å². The number of hydrogen-bond donors (Lipinski definition) is 3. The smallest absolute Gasteiger partial charge is 0.255 e. The van der Waals surface area contributed by atoms with Crippen LogP contribution in [0.25, 0.3) is 0 Å². The fourth-order valence-electron chi connectivity index (χ4n) is 2.95. The highest BCUT2D eigenvalue weighted by Gasteiger charge is 2.31. The quantitative estimate of drug-likeness (QED) is 0.429. The summed E-state index contributed by atoms with van der Waals surface area (Å²) in [5.74, 6) is -4.89. The average molecular weight is 416 g/mol. The Morgan fingerprint density at radius 2 is 1.76 bits per heavy atom. The van der Waals surface area contributed by atoms with Crippen molar-refractivity contribution in [2.75, 3.05) is 10.6 Å². The number of aromatic nitrogens is 1. The first-order valence-corrected chi connectivity index (χ1v) is 9.40. The largest absolute Gasteiger partial charge is 0.362 e. The van der Waals surface area contributed by atoms with E-state index in [0.29, 0.717) is 0 Å². The minimum absolute atomic E-state index is 0.168. The van der Waals surface area contributed by atoms with Crippen LogP contribution in [0.3, 0.4) is 0 Å². The third kappa shape index (κ3) is 3.79. The van der Waals surface area contributed by atoms with Crippen LogP contribution in [0.15, 0.2) is 59.8 Å². The third-order valence-electron chi connectivity index (χ3n) is 4.49. The first kappa shape index (κ1) is 19.3. The molecular weight excluding hydrogens is 401 g/mol. The predicted molar refractivity (Wildman–Crippen MR) is 105 cm³/mol. The van der Waals surface area contributed by atoms with E-state index in [1.165, 1.54) is 11.9 Å². The van der Waals surface area contributed by atoms with Gasteiger partial charge < -0.3 is 10.6 Å². The molecule has 1 aliphatic heterocycles. The highest BCUT2D eigenvalue weighted by atomic mass is 32.2. The van der Waals surface area contributed by atoms with Crippen molar-refractivity contribution in [3.05, 3.63) is 83.4 Å². The van der Waals surface area contributed by atoms with E-state index in [9.17, 15) is 18.0 Å². The molecule has 2 aromatic carbocycles. The number of halogens is 3. The number of nitrogens with one attached hydrogen (secondary N) is 3. The molecule has 1 aliphatic rings. The number of benzene rings is 2. The minimum atomic E-state index is -1.58. The minimum Gasteiger partial charge on any atom is -0.362 e. The van der Waals surface area contributed by atoms with Crippen LogP contribution in [-0.2, 0) is 5.66 Å². The molecule has 0 saturated carbocycles. The van der Waals surface area contributed by atoms with Crippen molar-refractivity contribution in [1.82, 2.24) is 9.71 Å². The molecule has 3 aromatic rings. The molecule has 0 fully saturated rings. The average Bonchev–Trinajstić information content (AvgIpc) is 2.72. The second-order valence-corrected chi connectivity index (χ2v) is 7.46. The summed E-state index contributed by atoms with van der Waals surface area (Å²) in [4.78, 5) is 17.2. The van der Waals surface area contributed by atoms with Crippen LogP contribution < -0.4 is 15.4 Å². The molecule has 1 unspecified atom stereocenters. The Bertz CT molecular complexity index is 1070. The molecule has 2 heterocycles. The lowest BCUT2D eigenvalue weighted by atomic mass is 10.0. The van der Waals surface area contributed by atoms with E-state index in [0.717, 1.165) is 28.3 Å². The van der Waals surface area contributed by atoms with Gasteiger partial charge >= 0.3 is 0 Å². The third-order valence-corrected chi connectivity index (χ3v) is 5.56. The Kier molecular flexibility index (Phi) is 4.93. The monoisotopic (exact) mass is 416 g/mol. The maximum absolute atomic E-state index is 13.3. The van der Waals surface area contributed by atoms with Crippen molar-refractivity contribution < 1.29 is 18.0 Å². The van der Waals surface area contributed by atoms with E-state index >= 15 is 0 Å². The second kappa shape index (κ2) is 7.41. The summed E-state index contributed by atoms with van der Waals surface area (Å²) >= 11 is 1.35. The van der Waals surface area contributed by atoms with E-state index in [1.807, 2.05) is 19.1 Å². The fraction of sp³-hybridized carbons (Fsp3) is 0.100. The Balaban J connectivity index is 1.54. The Morgan fingerprint density at radius 1 is 1.07 bits per heavy atom. The number of nitrogens with zero attached hydrogens (tertiary/aromatic N) is 1. The molecular formula is C20H15F3N4OS. The van der Waals surface area contributed by atoms with E-state index in [1.54, 1.807) is 30.6 Å². The normalized spacial score (nSPS) is 17.9. The number of anilines is 2. The maximum Gasteiger partial charge on any atom is 0.255 e. The molecule has 9 heteroatoms. The van der Waals surface area contributed by atoms with Gasteiger partial charge in [-0.3, -0.25) is 9.78 Å². The van der Waals surface area contributed by atoms with Crippen molar-refractivity contribution in [2.24, 2.45) is 0 Å². The first-order chi connectivity index (χ1) is 13.9. The van der Waals surface area contributed by atoms with E-state index in [-0.39, 0.29) is 11.3 Å². The van der Waals surface area contributed by atoms with Crippen molar-refractivity contribution in [3.8, 4) is 0 Å². The zero-order chi connectivity index (χ0) is 20.6. The Hall–Kier alpha value is -3.04. The van der Waals surface area contributed by atoms with Gasteiger partial charge in [-0.05, 0) is 54.8 Å². The highest BCUT2D eigenvalue weighted by Crippen LogP contribution is 2.38. The number of hydrogen-bond acceptors (Lipinski definition) is 5. The summed E-state index contributed by atoms with van der Waals surface area (Å²) in [5, 5.41) is 5.77. The number of amides is 1. The summed E-state index contributed by atoms with van der Waals surface area (Å²) in [5.41, 5.74) is 1.40. The van der Waals surface area contributed by atoms with Crippen LogP contribution in [0.1, 0.15) is 22.8 Å². The standard InChI is InChI=1S/C20H15F3N4OS/c1-20(12-4-6-24-7-5-12)26-16-3-2-11(8-17(16)29-27-20)19(28)25-13-9-14(21)18(23)15(22)10-13/h2-10,26-27H,1H3,(H,25,28). The van der Waals surface area contributed by atoms with Gasteiger partial charge in [0.25, 0.3) is 5.91 Å². The molecule has 4 rings (SSSR count). The molecule has 0 aliphatic carbocycles. The van der Waals surface area contributed by atoms with Crippen molar-refractivity contribution >= 4 is 29.2 Å². The maximum atomic E-state index is 13.3. The molecule has 148 valence electrons. The van der Waals surface area contributed by atoms with Gasteiger partial charge in [-0.2, -0.15) is 0 Å². The number of carbonyl (C=O) groups is 1. The zero-order valence-electron chi connectivity index (χ0n) is 15.1. The fourth-order valence-corrected chi connectivity index (χ4v) is 3.85. The Morgan fingerprint density at radius 3 is 2.45 bits per heavy atom. The lowest BCUT2D eigenvalue weighted by Crippen LogP contribution is -2.45. The van der Waals surface area contributed by atoms with Gasteiger partial charge in [-0.25, -0.2) is 17.9 Å². The summed E-state index contributed by atoms with van der Waals surface area (Å²) in [6.07, 6.45) is 3.41. The van der Waals surface area contributed by atoms with Gasteiger partial charge in [0.2, 0.25) is 0 Å². The highest BCUT2D eigenvalue weighted by molar-refractivity contribution is 7.97. The zero-order valence-corrected chi connectivity index (χ0v) is 15.9. The summed E-state index contributed by atoms with van der Waals surface area (Å²) < 4.78 is 43.1. The molecule has 0 bridgehead atoms. The molecule has 29 heavy (non-hydrogen) atoms. The lowest BCUT2D eigenvalue weighted by Gasteiger charge is -2.37. The topological polar surface area (TPSA) is 66.0 Å². The van der Waals surface area contributed by atoms with E-state index in [2.05, 4.69) is 20.3 Å². The van der Waals surface area contributed by atoms with E-state index in [4.69, 9.17) is 0 Å². The molecule has 1 atom stereocenters. The van der Waals surface area contributed by atoms with Crippen molar-refractivity contribution in [3.63, 3.8) is 0 Å². The first-order valence-electron chi connectivity index (χ1n) is 8.58. The van der Waals surface area contributed by atoms with Crippen molar-refractivity contribution in [1.29, 1.82) is 0 Å². The lowest BCUT2D eigenvalue weighted by molar-refractivity contribution is 0.102. The van der Waals surface area contributed by atoms with Gasteiger partial charge in [-0.15, -0.1) is 0 Å². The molecule has 3 N–H and O–H groups in total. The van der Waals surface area contributed by atoms with Gasteiger partial charge in [-0.1, -0.05) is 0 Å². The van der Waals surface area contributed by atoms with Crippen LogP contribution in [-0.4, -0.2) is 10.9 Å². The van der Waals surface area contributed by atoms with Crippen LogP contribution >= 0.6 is 11.9 Å². The SMILES string of the molecule is CC1(c2ccncc2)NSc2cc(C(=O)Nc3cc(F)c(F)c(F)c3)ccc2N1. The number of carbonyl (C=O) groups excluding carboxylic acids is 1. The van der Waals surface area contributed by atoms with Gasteiger partial charge in [0.1, 0.15) is 5.66 Å². The predicted octanol–water partition coefficient (Wildman–Crippen LogP) is 4.65. The summed E-state index contributed by atoms with van der Waals surface area (Å²) in [7, 11) is 0. The van der Waals surface area contributed by atoms with E-state index < -0.39 is 29.0 Å². The molecule has 1 amide bonds. The number of fused-ring (bicyclic) bond motifs is 1. The summed E-state index contributed by atoms with van der Waals surface area (Å²) in [6, 6.07) is 10.2. The number of pyridine rings is 1. The second-order valence-electron chi connectivity index (χ2n) is 6.61. The van der Waals surface area contributed by atoms with Gasteiger partial charge in [0.15, 0.2) is 17.5 Å². The molecule has 5 nitrogen and oxygen atoms in total. The number of rotatable bonds is 3.